The van der Waals surface area contributed by atoms with Crippen LogP contribution in [0.1, 0.15) is 25.7 Å². The minimum Gasteiger partial charge on any atom is -0.341 e. The third-order valence-corrected chi connectivity index (χ3v) is 6.06. The molecule has 0 radical (unpaired) electrons. The van der Waals surface area contributed by atoms with Gasteiger partial charge in [0.25, 0.3) is 0 Å². The Morgan fingerprint density at radius 1 is 1.22 bits per heavy atom. The van der Waals surface area contributed by atoms with Gasteiger partial charge in [-0.25, -0.2) is 8.42 Å². The number of piperidine rings is 1. The zero-order chi connectivity index (χ0) is 16.7. The molecule has 2 rings (SSSR count). The van der Waals surface area contributed by atoms with E-state index in [1.54, 1.807) is 47.0 Å². The lowest BCUT2D eigenvalue weighted by Crippen LogP contribution is -2.50. The lowest BCUT2D eigenvalue weighted by atomic mass is 10.1. The standard InChI is InChI=1S/C16H24N2O3S2/c1-22-13-10-15(16(19)18-11-6-3-7-12-18)17-23(20,21)14-8-4-2-5-9-14/h2,4-5,8-9,15,17H,3,6-7,10-13H2,1H3. The molecule has 0 saturated carbocycles. The summed E-state index contributed by atoms with van der Waals surface area (Å²) in [6.07, 6.45) is 5.57. The van der Waals surface area contributed by atoms with Gasteiger partial charge in [0.15, 0.2) is 0 Å². The Hall–Kier alpha value is -1.05. The van der Waals surface area contributed by atoms with Crippen LogP contribution < -0.4 is 4.72 Å². The third-order valence-electron chi connectivity index (χ3n) is 3.93. The van der Waals surface area contributed by atoms with Gasteiger partial charge in [0.05, 0.1) is 4.90 Å². The third kappa shape index (κ3) is 5.22. The van der Waals surface area contributed by atoms with Crippen LogP contribution in [0.2, 0.25) is 0 Å². The lowest BCUT2D eigenvalue weighted by Gasteiger charge is -2.30. The molecule has 1 saturated heterocycles. The second kappa shape index (κ2) is 8.70. The Morgan fingerprint density at radius 2 is 1.87 bits per heavy atom. The molecule has 1 aliphatic rings. The highest BCUT2D eigenvalue weighted by Crippen LogP contribution is 2.15. The summed E-state index contributed by atoms with van der Waals surface area (Å²) < 4.78 is 27.6. The van der Waals surface area contributed by atoms with Crippen molar-refractivity contribution in [2.45, 2.75) is 36.6 Å². The largest absolute Gasteiger partial charge is 0.341 e. The molecule has 23 heavy (non-hydrogen) atoms. The van der Waals surface area contributed by atoms with E-state index in [-0.39, 0.29) is 10.8 Å². The summed E-state index contributed by atoms with van der Waals surface area (Å²) in [4.78, 5) is 14.7. The fraction of sp³-hybridized carbons (Fsp3) is 0.562. The van der Waals surface area contributed by atoms with Gasteiger partial charge in [0.2, 0.25) is 15.9 Å². The quantitative estimate of drug-likeness (QED) is 0.812. The zero-order valence-electron chi connectivity index (χ0n) is 13.4. The highest BCUT2D eigenvalue weighted by atomic mass is 32.2. The molecule has 0 aromatic heterocycles. The first kappa shape index (κ1) is 18.3. The van der Waals surface area contributed by atoms with Gasteiger partial charge in [0, 0.05) is 13.1 Å². The summed E-state index contributed by atoms with van der Waals surface area (Å²) in [6.45, 7) is 1.45. The van der Waals surface area contributed by atoms with Crippen molar-refractivity contribution in [2.24, 2.45) is 0 Å². The maximum absolute atomic E-state index is 12.7. The summed E-state index contributed by atoms with van der Waals surface area (Å²) in [5, 5.41) is 0. The number of carbonyl (C=O) groups excluding carboxylic acids is 1. The first-order valence-corrected chi connectivity index (χ1v) is 10.8. The average Bonchev–Trinajstić information content (AvgIpc) is 2.59. The van der Waals surface area contributed by atoms with E-state index in [2.05, 4.69) is 4.72 Å². The van der Waals surface area contributed by atoms with E-state index < -0.39 is 16.1 Å². The molecule has 5 nitrogen and oxygen atoms in total. The highest BCUT2D eigenvalue weighted by Gasteiger charge is 2.29. The van der Waals surface area contributed by atoms with E-state index in [0.29, 0.717) is 6.42 Å². The number of rotatable bonds is 7. The number of amides is 1. The molecule has 1 fully saturated rings. The molecule has 1 aliphatic heterocycles. The number of nitrogens with one attached hydrogen (secondary N) is 1. The topological polar surface area (TPSA) is 66.5 Å². The molecule has 128 valence electrons. The van der Waals surface area contributed by atoms with Gasteiger partial charge in [-0.15, -0.1) is 0 Å². The second-order valence-corrected chi connectivity index (χ2v) is 8.35. The SMILES string of the molecule is CSCCC(NS(=O)(=O)c1ccccc1)C(=O)N1CCCCC1. The van der Waals surface area contributed by atoms with Crippen LogP contribution in [-0.4, -0.2) is 50.4 Å². The molecular formula is C16H24N2O3S2. The van der Waals surface area contributed by atoms with Crippen LogP contribution in [0.3, 0.4) is 0 Å². The van der Waals surface area contributed by atoms with Gasteiger partial charge in [-0.1, -0.05) is 18.2 Å². The predicted molar refractivity (Wildman–Crippen MR) is 94.0 cm³/mol. The van der Waals surface area contributed by atoms with E-state index in [4.69, 9.17) is 0 Å². The number of thioether (sulfide) groups is 1. The van der Waals surface area contributed by atoms with E-state index >= 15 is 0 Å². The molecule has 1 N–H and O–H groups in total. The van der Waals surface area contributed by atoms with E-state index in [1.165, 1.54) is 0 Å². The highest BCUT2D eigenvalue weighted by molar-refractivity contribution is 7.98. The minimum absolute atomic E-state index is 0.0988. The maximum Gasteiger partial charge on any atom is 0.241 e. The van der Waals surface area contributed by atoms with E-state index in [0.717, 1.165) is 38.1 Å². The van der Waals surface area contributed by atoms with Crippen molar-refractivity contribution in [3.63, 3.8) is 0 Å². The Bertz CT molecular complexity index is 599. The van der Waals surface area contributed by atoms with Crippen molar-refractivity contribution < 1.29 is 13.2 Å². The van der Waals surface area contributed by atoms with Crippen molar-refractivity contribution >= 4 is 27.7 Å². The molecule has 0 aliphatic carbocycles. The first-order chi connectivity index (χ1) is 11.0. The van der Waals surface area contributed by atoms with Crippen LogP contribution in [0.15, 0.2) is 35.2 Å². The van der Waals surface area contributed by atoms with Gasteiger partial charge >= 0.3 is 0 Å². The zero-order valence-corrected chi connectivity index (χ0v) is 15.0. The van der Waals surface area contributed by atoms with Crippen molar-refractivity contribution in [2.75, 3.05) is 25.1 Å². The molecule has 1 aromatic rings. The smallest absolute Gasteiger partial charge is 0.241 e. The van der Waals surface area contributed by atoms with Crippen molar-refractivity contribution in [3.8, 4) is 0 Å². The number of carbonyl (C=O) groups is 1. The second-order valence-electron chi connectivity index (χ2n) is 5.65. The Balaban J connectivity index is 2.12. The van der Waals surface area contributed by atoms with Crippen LogP contribution in [-0.2, 0) is 14.8 Å². The maximum atomic E-state index is 12.7. The molecule has 7 heteroatoms. The van der Waals surface area contributed by atoms with Gasteiger partial charge in [-0.2, -0.15) is 16.5 Å². The Morgan fingerprint density at radius 3 is 2.48 bits per heavy atom. The predicted octanol–water partition coefficient (Wildman–Crippen LogP) is 2.10. The van der Waals surface area contributed by atoms with Crippen LogP contribution in [0.4, 0.5) is 0 Å². The average molecular weight is 357 g/mol. The molecule has 1 atom stereocenters. The summed E-state index contributed by atoms with van der Waals surface area (Å²) >= 11 is 1.61. The summed E-state index contributed by atoms with van der Waals surface area (Å²) in [5.41, 5.74) is 0. The Kier molecular flexibility index (Phi) is 6.92. The number of sulfonamides is 1. The minimum atomic E-state index is -3.68. The molecule has 0 spiro atoms. The monoisotopic (exact) mass is 356 g/mol. The van der Waals surface area contributed by atoms with Gasteiger partial charge < -0.3 is 4.90 Å². The van der Waals surface area contributed by atoms with Crippen molar-refractivity contribution in [3.05, 3.63) is 30.3 Å². The fourth-order valence-electron chi connectivity index (χ4n) is 2.66. The van der Waals surface area contributed by atoms with Crippen molar-refractivity contribution in [1.29, 1.82) is 0 Å². The van der Waals surface area contributed by atoms with E-state index in [9.17, 15) is 13.2 Å². The summed E-state index contributed by atoms with van der Waals surface area (Å²) in [5.74, 6) is 0.639. The normalized spacial score (nSPS) is 17.0. The Labute approximate surface area is 142 Å². The number of hydrogen-bond acceptors (Lipinski definition) is 4. The molecule has 1 amide bonds. The van der Waals surface area contributed by atoms with Gasteiger partial charge in [-0.05, 0) is 49.8 Å². The summed E-state index contributed by atoms with van der Waals surface area (Å²) in [7, 11) is -3.68. The lowest BCUT2D eigenvalue weighted by molar-refractivity contribution is -0.133. The fourth-order valence-corrected chi connectivity index (χ4v) is 4.37. The van der Waals surface area contributed by atoms with Crippen LogP contribution >= 0.6 is 11.8 Å². The molecular weight excluding hydrogens is 332 g/mol. The number of likely N-dealkylation sites (tertiary alicyclic amines) is 1. The van der Waals surface area contributed by atoms with Gasteiger partial charge in [-0.3, -0.25) is 4.79 Å². The van der Waals surface area contributed by atoms with E-state index in [1.807, 2.05) is 6.26 Å². The van der Waals surface area contributed by atoms with Gasteiger partial charge in [0.1, 0.15) is 6.04 Å². The molecule has 1 heterocycles. The van der Waals surface area contributed by atoms with Crippen LogP contribution in [0.5, 0.6) is 0 Å². The molecule has 1 unspecified atom stereocenters. The van der Waals surface area contributed by atoms with Crippen LogP contribution in [0.25, 0.3) is 0 Å². The number of hydrogen-bond donors (Lipinski definition) is 1. The molecule has 0 bridgehead atoms. The number of nitrogens with zero attached hydrogens (tertiary/aromatic N) is 1. The number of benzene rings is 1. The van der Waals surface area contributed by atoms with Crippen LogP contribution in [0, 0.1) is 0 Å². The van der Waals surface area contributed by atoms with Crippen molar-refractivity contribution in [1.82, 2.24) is 9.62 Å². The molecule has 1 aromatic carbocycles. The first-order valence-electron chi connectivity index (χ1n) is 7.89. The summed E-state index contributed by atoms with van der Waals surface area (Å²) in [6, 6.07) is 7.52.